The molecule has 3 aromatic rings. The lowest BCUT2D eigenvalue weighted by atomic mass is 9.95. The fourth-order valence-electron chi connectivity index (χ4n) is 3.88. The van der Waals surface area contributed by atoms with Crippen LogP contribution in [0.2, 0.25) is 0 Å². The first-order valence-corrected chi connectivity index (χ1v) is 8.86. The van der Waals surface area contributed by atoms with Crippen LogP contribution >= 0.6 is 0 Å². The second-order valence-electron chi connectivity index (χ2n) is 6.81. The van der Waals surface area contributed by atoms with Crippen LogP contribution in [0.5, 0.6) is 5.75 Å². The Kier molecular flexibility index (Phi) is 4.03. The number of hydrogen-bond donors (Lipinski definition) is 2. The van der Waals surface area contributed by atoms with E-state index in [4.69, 9.17) is 0 Å². The van der Waals surface area contributed by atoms with E-state index in [0.717, 1.165) is 31.2 Å². The summed E-state index contributed by atoms with van der Waals surface area (Å²) < 4.78 is 3.63. The van der Waals surface area contributed by atoms with Crippen molar-refractivity contribution in [1.82, 2.24) is 9.36 Å². The normalized spacial score (nSPS) is 15.4. The molecule has 26 heavy (non-hydrogen) atoms. The molecule has 1 fully saturated rings. The standard InChI is InChI=1S/C20H20N2O4/c23-16-9-7-15(8-10-16)22-19(24)17-12-13(20(25)26)6-11-18(17)21(22)14-4-2-1-3-5-14/h6-12,14,23H,1-5H2,(H,25,26). The first-order valence-electron chi connectivity index (χ1n) is 8.86. The number of hydrogen-bond acceptors (Lipinski definition) is 3. The number of carbonyl (C=O) groups is 1. The van der Waals surface area contributed by atoms with Gasteiger partial charge in [0.15, 0.2) is 0 Å². The number of benzene rings is 2. The fourth-order valence-corrected chi connectivity index (χ4v) is 3.88. The molecule has 134 valence electrons. The van der Waals surface area contributed by atoms with Gasteiger partial charge in [-0.15, -0.1) is 0 Å². The lowest BCUT2D eigenvalue weighted by Gasteiger charge is -2.26. The number of phenols is 1. The molecule has 0 bridgehead atoms. The van der Waals surface area contributed by atoms with Crippen LogP contribution in [0.25, 0.3) is 16.6 Å². The third-order valence-electron chi connectivity index (χ3n) is 5.14. The van der Waals surface area contributed by atoms with E-state index in [1.165, 1.54) is 12.5 Å². The first-order chi connectivity index (χ1) is 12.6. The Bertz CT molecular complexity index is 1020. The maximum Gasteiger partial charge on any atom is 0.335 e. The summed E-state index contributed by atoms with van der Waals surface area (Å²) in [7, 11) is 0. The highest BCUT2D eigenvalue weighted by Gasteiger charge is 2.24. The molecule has 0 radical (unpaired) electrons. The molecular weight excluding hydrogens is 332 g/mol. The molecule has 4 rings (SSSR count). The average Bonchev–Trinajstić information content (AvgIpc) is 2.95. The maximum atomic E-state index is 13.1. The summed E-state index contributed by atoms with van der Waals surface area (Å²) in [6, 6.07) is 11.4. The first kappa shape index (κ1) is 16.4. The van der Waals surface area contributed by atoms with Gasteiger partial charge in [0, 0.05) is 0 Å². The van der Waals surface area contributed by atoms with E-state index < -0.39 is 5.97 Å². The molecule has 0 aliphatic heterocycles. The largest absolute Gasteiger partial charge is 0.508 e. The molecule has 1 saturated carbocycles. The lowest BCUT2D eigenvalue weighted by Crippen LogP contribution is -2.25. The summed E-state index contributed by atoms with van der Waals surface area (Å²) in [4.78, 5) is 24.5. The Morgan fingerprint density at radius 2 is 1.69 bits per heavy atom. The molecule has 0 atom stereocenters. The van der Waals surface area contributed by atoms with Crippen molar-refractivity contribution in [1.29, 1.82) is 0 Å². The lowest BCUT2D eigenvalue weighted by molar-refractivity contribution is 0.0697. The predicted octanol–water partition coefficient (Wildman–Crippen LogP) is 3.70. The fraction of sp³-hybridized carbons (Fsp3) is 0.300. The van der Waals surface area contributed by atoms with Gasteiger partial charge in [0.1, 0.15) is 5.75 Å². The van der Waals surface area contributed by atoms with E-state index in [0.29, 0.717) is 11.1 Å². The van der Waals surface area contributed by atoms with Gasteiger partial charge < -0.3 is 10.2 Å². The highest BCUT2D eigenvalue weighted by atomic mass is 16.4. The molecule has 1 aliphatic rings. The number of carboxylic acid groups (broad SMARTS) is 1. The zero-order chi connectivity index (χ0) is 18.3. The Hall–Kier alpha value is -3.02. The zero-order valence-corrected chi connectivity index (χ0v) is 14.3. The number of phenolic OH excluding ortho intramolecular Hbond substituents is 1. The molecule has 2 aromatic carbocycles. The van der Waals surface area contributed by atoms with Gasteiger partial charge in [-0.3, -0.25) is 9.48 Å². The number of aromatic hydroxyl groups is 1. The molecule has 1 heterocycles. The summed E-state index contributed by atoms with van der Waals surface area (Å²) in [6.45, 7) is 0. The van der Waals surface area contributed by atoms with Crippen molar-refractivity contribution < 1.29 is 15.0 Å². The van der Waals surface area contributed by atoms with Crippen LogP contribution in [-0.4, -0.2) is 25.5 Å². The van der Waals surface area contributed by atoms with E-state index in [1.54, 1.807) is 41.1 Å². The van der Waals surface area contributed by atoms with Crippen molar-refractivity contribution in [2.45, 2.75) is 38.1 Å². The van der Waals surface area contributed by atoms with Crippen molar-refractivity contribution in [2.75, 3.05) is 0 Å². The second-order valence-corrected chi connectivity index (χ2v) is 6.81. The molecule has 0 saturated heterocycles. The third kappa shape index (κ3) is 2.67. The van der Waals surface area contributed by atoms with Gasteiger partial charge in [0.05, 0.1) is 28.2 Å². The molecule has 0 unspecified atom stereocenters. The minimum absolute atomic E-state index is 0.105. The van der Waals surface area contributed by atoms with Crippen molar-refractivity contribution in [3.63, 3.8) is 0 Å². The molecular formula is C20H20N2O4. The summed E-state index contributed by atoms with van der Waals surface area (Å²) in [5, 5.41) is 19.2. The molecule has 6 nitrogen and oxygen atoms in total. The van der Waals surface area contributed by atoms with E-state index in [1.807, 2.05) is 4.68 Å². The van der Waals surface area contributed by atoms with Crippen molar-refractivity contribution in [3.05, 3.63) is 58.4 Å². The Balaban J connectivity index is 2.00. The number of fused-ring (bicyclic) bond motifs is 1. The van der Waals surface area contributed by atoms with E-state index in [2.05, 4.69) is 0 Å². The summed E-state index contributed by atoms with van der Waals surface area (Å²) in [5.41, 5.74) is 1.28. The molecule has 1 aliphatic carbocycles. The van der Waals surface area contributed by atoms with Crippen LogP contribution in [0, 0.1) is 0 Å². The summed E-state index contributed by atoms with van der Waals surface area (Å²) in [6.07, 6.45) is 5.40. The second kappa shape index (κ2) is 6.37. The van der Waals surface area contributed by atoms with Crippen molar-refractivity contribution in [3.8, 4) is 11.4 Å². The van der Waals surface area contributed by atoms with Crippen LogP contribution in [0.3, 0.4) is 0 Å². The van der Waals surface area contributed by atoms with Gasteiger partial charge in [-0.25, -0.2) is 9.48 Å². The number of carboxylic acids is 1. The van der Waals surface area contributed by atoms with Crippen LogP contribution in [-0.2, 0) is 0 Å². The van der Waals surface area contributed by atoms with Crippen molar-refractivity contribution in [2.24, 2.45) is 0 Å². The monoisotopic (exact) mass is 352 g/mol. The van der Waals surface area contributed by atoms with E-state index >= 15 is 0 Å². The number of nitrogens with zero attached hydrogens (tertiary/aromatic N) is 2. The molecule has 1 aromatic heterocycles. The molecule has 6 heteroatoms. The third-order valence-corrected chi connectivity index (χ3v) is 5.14. The van der Waals surface area contributed by atoms with Crippen LogP contribution in [0.1, 0.15) is 48.5 Å². The quantitative estimate of drug-likeness (QED) is 0.753. The molecule has 0 spiro atoms. The highest BCUT2D eigenvalue weighted by Crippen LogP contribution is 2.32. The number of rotatable bonds is 3. The van der Waals surface area contributed by atoms with Gasteiger partial charge in [-0.2, -0.15) is 0 Å². The zero-order valence-electron chi connectivity index (χ0n) is 14.3. The Morgan fingerprint density at radius 3 is 2.35 bits per heavy atom. The average molecular weight is 352 g/mol. The minimum Gasteiger partial charge on any atom is -0.508 e. The van der Waals surface area contributed by atoms with Gasteiger partial charge in [-0.05, 0) is 55.3 Å². The van der Waals surface area contributed by atoms with Crippen LogP contribution in [0.4, 0.5) is 0 Å². The van der Waals surface area contributed by atoms with Crippen LogP contribution < -0.4 is 5.56 Å². The Morgan fingerprint density at radius 1 is 1.00 bits per heavy atom. The number of aromatic nitrogens is 2. The number of aromatic carboxylic acids is 1. The summed E-state index contributed by atoms with van der Waals surface area (Å²) >= 11 is 0. The van der Waals surface area contributed by atoms with Crippen molar-refractivity contribution >= 4 is 16.9 Å². The van der Waals surface area contributed by atoms with Gasteiger partial charge in [0.2, 0.25) is 0 Å². The Labute approximate surface area is 149 Å². The topological polar surface area (TPSA) is 84.5 Å². The smallest absolute Gasteiger partial charge is 0.335 e. The van der Waals surface area contributed by atoms with Gasteiger partial charge in [-0.1, -0.05) is 19.3 Å². The van der Waals surface area contributed by atoms with Crippen LogP contribution in [0.15, 0.2) is 47.3 Å². The maximum absolute atomic E-state index is 13.1. The summed E-state index contributed by atoms with van der Waals surface area (Å²) in [5.74, 6) is -0.914. The van der Waals surface area contributed by atoms with Gasteiger partial charge >= 0.3 is 5.97 Å². The van der Waals surface area contributed by atoms with Gasteiger partial charge in [0.25, 0.3) is 5.56 Å². The molecule has 0 amide bonds. The minimum atomic E-state index is -1.05. The van der Waals surface area contributed by atoms with E-state index in [9.17, 15) is 19.8 Å². The predicted molar refractivity (Wildman–Crippen MR) is 98.3 cm³/mol. The molecule has 2 N–H and O–H groups in total. The highest BCUT2D eigenvalue weighted by molar-refractivity contribution is 5.93. The van der Waals surface area contributed by atoms with E-state index in [-0.39, 0.29) is 22.9 Å². The SMILES string of the molecule is O=C(O)c1ccc2c(c1)c(=O)n(-c1ccc(O)cc1)n2C1CCCCC1.